The highest BCUT2D eigenvalue weighted by molar-refractivity contribution is 6.05. The minimum atomic E-state index is -1.73. The number of carbonyl (C=O) groups is 1. The van der Waals surface area contributed by atoms with Gasteiger partial charge in [0.2, 0.25) is 11.7 Å². The Morgan fingerprint density at radius 3 is 2.38 bits per heavy atom. The van der Waals surface area contributed by atoms with Crippen molar-refractivity contribution in [1.82, 2.24) is 9.97 Å². The van der Waals surface area contributed by atoms with Crippen molar-refractivity contribution in [2.75, 3.05) is 29.2 Å². The Bertz CT molecular complexity index is 1210. The van der Waals surface area contributed by atoms with E-state index in [1.807, 2.05) is 0 Å². The van der Waals surface area contributed by atoms with Gasteiger partial charge in [-0.3, -0.25) is 4.79 Å². The van der Waals surface area contributed by atoms with Gasteiger partial charge in [0, 0.05) is 20.6 Å². The largest absolute Gasteiger partial charge is 0.489 e. The summed E-state index contributed by atoms with van der Waals surface area (Å²) in [6, 6.07) is 8.73. The molecule has 1 aromatic heterocycles. The molecule has 2 N–H and O–H groups in total. The van der Waals surface area contributed by atoms with Crippen LogP contribution in [0.4, 0.5) is 30.6 Å². The van der Waals surface area contributed by atoms with Crippen molar-refractivity contribution in [2.45, 2.75) is 25.8 Å². The molecule has 1 atom stereocenters. The molecule has 3 aromatic rings. The molecule has 178 valence electrons. The minimum Gasteiger partial charge on any atom is -0.489 e. The molecule has 0 fully saturated rings. The number of ether oxygens (including phenoxy) is 1. The fourth-order valence-electron chi connectivity index (χ4n) is 3.45. The number of hydrogen-bond donors (Lipinski definition) is 2. The maximum absolute atomic E-state index is 13.3. The number of likely N-dealkylation sites (N-methyl/N-ethyl adjacent to an activating group) is 2. The highest BCUT2D eigenvalue weighted by Crippen LogP contribution is 2.36. The Kier molecular flexibility index (Phi) is 6.05. The van der Waals surface area contributed by atoms with Crippen LogP contribution >= 0.6 is 0 Å². The number of fused-ring (bicyclic) bond motifs is 1. The Labute approximate surface area is 193 Å². The zero-order valence-electron chi connectivity index (χ0n) is 18.6. The lowest BCUT2D eigenvalue weighted by molar-refractivity contribution is -0.135. The van der Waals surface area contributed by atoms with Gasteiger partial charge in [0.1, 0.15) is 18.0 Å². The van der Waals surface area contributed by atoms with Crippen LogP contribution in [0.3, 0.4) is 0 Å². The third-order valence-electron chi connectivity index (χ3n) is 5.62. The summed E-state index contributed by atoms with van der Waals surface area (Å²) in [6.45, 7) is 1.65. The molecule has 0 aliphatic carbocycles. The average Bonchev–Trinajstić information content (AvgIpc) is 2.83. The monoisotopic (exact) mass is 473 g/mol. The number of aliphatic hydroxyl groups is 1. The van der Waals surface area contributed by atoms with Crippen LogP contribution in [0, 0.1) is 17.5 Å². The molecule has 1 aliphatic rings. The quantitative estimate of drug-likeness (QED) is 0.532. The summed E-state index contributed by atoms with van der Waals surface area (Å²) in [5.74, 6) is -3.35. The van der Waals surface area contributed by atoms with E-state index in [0.29, 0.717) is 29.7 Å². The van der Waals surface area contributed by atoms with E-state index in [1.165, 1.54) is 22.9 Å². The summed E-state index contributed by atoms with van der Waals surface area (Å²) in [7, 11) is 3.12. The molecule has 0 spiro atoms. The highest BCUT2D eigenvalue weighted by atomic mass is 19.2. The van der Waals surface area contributed by atoms with Crippen LogP contribution < -0.4 is 19.9 Å². The molecule has 11 heteroatoms. The molecule has 34 heavy (non-hydrogen) atoms. The molecule has 0 bridgehead atoms. The molecule has 4 rings (SSSR count). The molecular formula is C23H22F3N5O3. The first-order valence-corrected chi connectivity index (χ1v) is 10.3. The van der Waals surface area contributed by atoms with E-state index in [2.05, 4.69) is 15.3 Å². The van der Waals surface area contributed by atoms with Crippen LogP contribution in [-0.4, -0.2) is 40.8 Å². The standard InChI is InChI=1S/C23H22F3N5O3/c1-23(33)21(32)30(2)18-11-28-22(29-20(18)31(23)3)27-10-13-4-6-15(7-5-13)34-12-14-8-16(24)19(26)17(25)9-14/h4-9,11,33H,10,12H2,1-3H3,(H,27,28,29)/t23-/m1/s1. The second-order valence-electron chi connectivity index (χ2n) is 8.01. The third kappa shape index (κ3) is 4.34. The lowest BCUT2D eigenvalue weighted by Crippen LogP contribution is -2.60. The minimum absolute atomic E-state index is 0.122. The van der Waals surface area contributed by atoms with Gasteiger partial charge in [-0.1, -0.05) is 12.1 Å². The van der Waals surface area contributed by atoms with Gasteiger partial charge < -0.3 is 25.0 Å². The summed E-state index contributed by atoms with van der Waals surface area (Å²) in [5.41, 5.74) is -0.204. The van der Waals surface area contributed by atoms with Crippen molar-refractivity contribution >= 4 is 23.4 Å². The van der Waals surface area contributed by atoms with Gasteiger partial charge in [-0.25, -0.2) is 18.2 Å². The lowest BCUT2D eigenvalue weighted by Gasteiger charge is -2.42. The summed E-state index contributed by atoms with van der Waals surface area (Å²) >= 11 is 0. The van der Waals surface area contributed by atoms with Gasteiger partial charge in [-0.2, -0.15) is 4.98 Å². The zero-order chi connectivity index (χ0) is 24.6. The van der Waals surface area contributed by atoms with Crippen molar-refractivity contribution in [1.29, 1.82) is 0 Å². The first-order valence-electron chi connectivity index (χ1n) is 10.3. The molecule has 0 radical (unpaired) electrons. The highest BCUT2D eigenvalue weighted by Gasteiger charge is 2.44. The van der Waals surface area contributed by atoms with E-state index in [-0.39, 0.29) is 12.2 Å². The molecule has 2 aromatic carbocycles. The topological polar surface area (TPSA) is 90.8 Å². The van der Waals surface area contributed by atoms with Crippen molar-refractivity contribution in [3.8, 4) is 5.75 Å². The predicted octanol–water partition coefficient (Wildman–Crippen LogP) is 3.21. The van der Waals surface area contributed by atoms with Crippen LogP contribution in [0.1, 0.15) is 18.1 Å². The molecule has 2 heterocycles. The fourth-order valence-corrected chi connectivity index (χ4v) is 3.45. The van der Waals surface area contributed by atoms with E-state index >= 15 is 0 Å². The number of carbonyl (C=O) groups excluding carboxylic acids is 1. The van der Waals surface area contributed by atoms with Crippen LogP contribution in [0.2, 0.25) is 0 Å². The second-order valence-corrected chi connectivity index (χ2v) is 8.01. The van der Waals surface area contributed by atoms with Crippen LogP contribution in [0.25, 0.3) is 0 Å². The molecule has 1 aliphatic heterocycles. The number of halogens is 3. The number of aromatic nitrogens is 2. The first-order chi connectivity index (χ1) is 16.1. The van der Waals surface area contributed by atoms with E-state index in [1.54, 1.807) is 38.4 Å². The van der Waals surface area contributed by atoms with Crippen LogP contribution in [0.5, 0.6) is 5.75 Å². The average molecular weight is 473 g/mol. The maximum Gasteiger partial charge on any atom is 0.279 e. The summed E-state index contributed by atoms with van der Waals surface area (Å²) in [5, 5.41) is 13.6. The molecule has 0 saturated heterocycles. The maximum atomic E-state index is 13.3. The van der Waals surface area contributed by atoms with Crippen LogP contribution in [-0.2, 0) is 17.9 Å². The van der Waals surface area contributed by atoms with Gasteiger partial charge in [0.25, 0.3) is 5.91 Å². The molecule has 1 amide bonds. The molecule has 8 nitrogen and oxygen atoms in total. The number of rotatable bonds is 6. The normalized spacial score (nSPS) is 17.6. The van der Waals surface area contributed by atoms with Gasteiger partial charge >= 0.3 is 0 Å². The number of benzene rings is 2. The van der Waals surface area contributed by atoms with E-state index in [4.69, 9.17) is 4.74 Å². The summed E-state index contributed by atoms with van der Waals surface area (Å²) < 4.78 is 45.2. The van der Waals surface area contributed by atoms with Crippen molar-refractivity contribution in [2.24, 2.45) is 0 Å². The first kappa shape index (κ1) is 23.3. The third-order valence-corrected chi connectivity index (χ3v) is 5.62. The van der Waals surface area contributed by atoms with Gasteiger partial charge in [0.05, 0.1) is 6.20 Å². The van der Waals surface area contributed by atoms with Gasteiger partial charge in [-0.15, -0.1) is 0 Å². The number of nitrogens with zero attached hydrogens (tertiary/aromatic N) is 4. The molecular weight excluding hydrogens is 451 g/mol. The molecule has 0 unspecified atom stereocenters. The fraction of sp³-hybridized carbons (Fsp3) is 0.261. The Morgan fingerprint density at radius 2 is 1.74 bits per heavy atom. The predicted molar refractivity (Wildman–Crippen MR) is 119 cm³/mol. The van der Waals surface area contributed by atoms with Crippen molar-refractivity contribution in [3.05, 3.63) is 71.2 Å². The van der Waals surface area contributed by atoms with Crippen LogP contribution in [0.15, 0.2) is 42.6 Å². The number of anilines is 3. The van der Waals surface area contributed by atoms with Gasteiger partial charge in [0.15, 0.2) is 23.3 Å². The number of hydrogen-bond acceptors (Lipinski definition) is 7. The second kappa shape index (κ2) is 8.82. The Hall–Kier alpha value is -3.86. The van der Waals surface area contributed by atoms with Crippen molar-refractivity contribution < 1.29 is 27.8 Å². The summed E-state index contributed by atoms with van der Waals surface area (Å²) in [4.78, 5) is 23.7. The van der Waals surface area contributed by atoms with E-state index in [9.17, 15) is 23.1 Å². The van der Waals surface area contributed by atoms with E-state index in [0.717, 1.165) is 17.7 Å². The lowest BCUT2D eigenvalue weighted by atomic mass is 10.1. The number of nitrogens with one attached hydrogen (secondary N) is 1. The van der Waals surface area contributed by atoms with Gasteiger partial charge in [-0.05, 0) is 42.3 Å². The summed E-state index contributed by atoms with van der Waals surface area (Å²) in [6.07, 6.45) is 1.51. The van der Waals surface area contributed by atoms with E-state index < -0.39 is 29.1 Å². The number of amides is 1. The Morgan fingerprint density at radius 1 is 1.09 bits per heavy atom. The zero-order valence-corrected chi connectivity index (χ0v) is 18.6. The Balaban J connectivity index is 1.39. The van der Waals surface area contributed by atoms with Crippen molar-refractivity contribution in [3.63, 3.8) is 0 Å². The smallest absolute Gasteiger partial charge is 0.279 e. The SMILES string of the molecule is CN1C(=O)[C@@](C)(O)N(C)c2nc(NCc3ccc(OCc4cc(F)c(F)c(F)c4)cc3)ncc21. The molecule has 0 saturated carbocycles.